The van der Waals surface area contributed by atoms with Gasteiger partial charge in [-0.1, -0.05) is 29.3 Å². The first-order valence-corrected chi connectivity index (χ1v) is 6.59. The molecule has 0 bridgehead atoms. The van der Waals surface area contributed by atoms with Crippen molar-refractivity contribution < 1.29 is 0 Å². The Morgan fingerprint density at radius 2 is 2.00 bits per heavy atom. The smallest absolute Gasteiger partial charge is 0.137 e. The van der Waals surface area contributed by atoms with Crippen molar-refractivity contribution in [3.05, 3.63) is 64.5 Å². The zero-order valence-electron chi connectivity index (χ0n) is 9.98. The molecular weight excluding hydrogens is 281 g/mol. The Kier molecular flexibility index (Phi) is 3.32. The highest BCUT2D eigenvalue weighted by Crippen LogP contribution is 2.25. The van der Waals surface area contributed by atoms with Crippen molar-refractivity contribution in [1.29, 1.82) is 0 Å². The van der Waals surface area contributed by atoms with Crippen LogP contribution in [0.1, 0.15) is 5.69 Å². The van der Waals surface area contributed by atoms with Crippen molar-refractivity contribution in [3.63, 3.8) is 0 Å². The van der Waals surface area contributed by atoms with Crippen LogP contribution in [0.3, 0.4) is 0 Å². The lowest BCUT2D eigenvalue weighted by molar-refractivity contribution is 1.08. The molecule has 0 atom stereocenters. The molecule has 1 aromatic carbocycles. The summed E-state index contributed by atoms with van der Waals surface area (Å²) in [5.74, 6) is 0. The van der Waals surface area contributed by atoms with Gasteiger partial charge in [0.2, 0.25) is 0 Å². The van der Waals surface area contributed by atoms with Gasteiger partial charge in [-0.05, 0) is 30.3 Å². The summed E-state index contributed by atoms with van der Waals surface area (Å²) in [7, 11) is 0. The van der Waals surface area contributed by atoms with Crippen LogP contribution in [-0.4, -0.2) is 9.38 Å². The van der Waals surface area contributed by atoms with Gasteiger partial charge in [-0.2, -0.15) is 0 Å². The number of hydrogen-bond acceptors (Lipinski definition) is 2. The fourth-order valence-corrected chi connectivity index (χ4v) is 2.17. The van der Waals surface area contributed by atoms with Gasteiger partial charge in [0.1, 0.15) is 5.65 Å². The van der Waals surface area contributed by atoms with Crippen LogP contribution in [0.4, 0.5) is 5.69 Å². The Morgan fingerprint density at radius 3 is 2.79 bits per heavy atom. The average Bonchev–Trinajstić information content (AvgIpc) is 2.83. The summed E-state index contributed by atoms with van der Waals surface area (Å²) in [5.41, 5.74) is 2.83. The molecular formula is C14H11Cl2N3. The third kappa shape index (κ3) is 2.67. The molecule has 19 heavy (non-hydrogen) atoms. The molecule has 0 amide bonds. The number of imidazole rings is 1. The molecule has 0 spiro atoms. The molecule has 0 unspecified atom stereocenters. The molecule has 3 rings (SSSR count). The minimum atomic E-state index is 0.543. The Hall–Kier alpha value is -1.71. The number of halogens is 2. The molecule has 0 aliphatic rings. The molecule has 0 saturated heterocycles. The summed E-state index contributed by atoms with van der Waals surface area (Å²) < 4.78 is 1.99. The van der Waals surface area contributed by atoms with Gasteiger partial charge >= 0.3 is 0 Å². The molecule has 0 aliphatic carbocycles. The van der Waals surface area contributed by atoms with Crippen LogP contribution in [0.25, 0.3) is 5.65 Å². The van der Waals surface area contributed by atoms with Crippen molar-refractivity contribution in [2.75, 3.05) is 5.32 Å². The van der Waals surface area contributed by atoms with Crippen LogP contribution >= 0.6 is 23.2 Å². The van der Waals surface area contributed by atoms with Gasteiger partial charge < -0.3 is 9.72 Å². The third-order valence-corrected chi connectivity index (χ3v) is 3.55. The highest BCUT2D eigenvalue weighted by molar-refractivity contribution is 6.42. The maximum absolute atomic E-state index is 5.97. The van der Waals surface area contributed by atoms with Gasteiger partial charge in [0.15, 0.2) is 0 Å². The van der Waals surface area contributed by atoms with E-state index in [1.165, 1.54) is 0 Å². The lowest BCUT2D eigenvalue weighted by Gasteiger charge is -2.05. The first-order valence-electron chi connectivity index (χ1n) is 5.84. The fourth-order valence-electron chi connectivity index (χ4n) is 1.87. The topological polar surface area (TPSA) is 29.3 Å². The van der Waals surface area contributed by atoms with Crippen molar-refractivity contribution in [3.8, 4) is 0 Å². The van der Waals surface area contributed by atoms with E-state index in [0.717, 1.165) is 17.0 Å². The summed E-state index contributed by atoms with van der Waals surface area (Å²) >= 11 is 11.8. The van der Waals surface area contributed by atoms with Crippen molar-refractivity contribution in [1.82, 2.24) is 9.38 Å². The van der Waals surface area contributed by atoms with Crippen molar-refractivity contribution in [2.24, 2.45) is 0 Å². The molecule has 5 heteroatoms. The summed E-state index contributed by atoms with van der Waals surface area (Å²) in [6.07, 6.45) is 3.98. The SMILES string of the molecule is Clc1ccc(NCc2cn3ccccc3n2)cc1Cl. The maximum Gasteiger partial charge on any atom is 0.137 e. The van der Waals surface area contributed by atoms with Gasteiger partial charge in [-0.15, -0.1) is 0 Å². The van der Waals surface area contributed by atoms with E-state index in [1.807, 2.05) is 41.1 Å². The van der Waals surface area contributed by atoms with E-state index in [-0.39, 0.29) is 0 Å². The maximum atomic E-state index is 5.97. The van der Waals surface area contributed by atoms with Crippen LogP contribution in [0, 0.1) is 0 Å². The summed E-state index contributed by atoms with van der Waals surface area (Å²) in [4.78, 5) is 4.51. The minimum absolute atomic E-state index is 0.543. The van der Waals surface area contributed by atoms with Gasteiger partial charge in [0, 0.05) is 18.1 Å². The number of nitrogens with zero attached hydrogens (tertiary/aromatic N) is 2. The lowest BCUT2D eigenvalue weighted by atomic mass is 10.3. The first-order chi connectivity index (χ1) is 9.22. The summed E-state index contributed by atoms with van der Waals surface area (Å²) in [6.45, 7) is 0.639. The van der Waals surface area contributed by atoms with E-state index >= 15 is 0 Å². The number of pyridine rings is 1. The average molecular weight is 292 g/mol. The second-order valence-electron chi connectivity index (χ2n) is 4.18. The number of fused-ring (bicyclic) bond motifs is 1. The standard InChI is InChI=1S/C14H11Cl2N3/c15-12-5-4-10(7-13(12)16)17-8-11-9-19-6-2-1-3-14(19)18-11/h1-7,9,17H,8H2. The number of hydrogen-bond donors (Lipinski definition) is 1. The number of anilines is 1. The highest BCUT2D eigenvalue weighted by atomic mass is 35.5. The Balaban J connectivity index is 1.76. The fraction of sp³-hybridized carbons (Fsp3) is 0.0714. The minimum Gasteiger partial charge on any atom is -0.379 e. The molecule has 1 N–H and O–H groups in total. The summed E-state index contributed by atoms with van der Waals surface area (Å²) in [6, 6.07) is 11.4. The molecule has 96 valence electrons. The van der Waals surface area contributed by atoms with E-state index in [0.29, 0.717) is 16.6 Å². The van der Waals surface area contributed by atoms with Gasteiger partial charge in [-0.25, -0.2) is 4.98 Å². The molecule has 2 heterocycles. The van der Waals surface area contributed by atoms with Crippen LogP contribution < -0.4 is 5.32 Å². The molecule has 2 aromatic heterocycles. The van der Waals surface area contributed by atoms with E-state index < -0.39 is 0 Å². The molecule has 0 aliphatic heterocycles. The number of benzene rings is 1. The molecule has 0 fully saturated rings. The largest absolute Gasteiger partial charge is 0.379 e. The van der Waals surface area contributed by atoms with Crippen molar-refractivity contribution >= 4 is 34.5 Å². The quantitative estimate of drug-likeness (QED) is 0.781. The van der Waals surface area contributed by atoms with E-state index in [1.54, 1.807) is 12.1 Å². The predicted octanol–water partition coefficient (Wildman–Crippen LogP) is 4.25. The second kappa shape index (κ2) is 5.11. The number of nitrogens with one attached hydrogen (secondary N) is 1. The van der Waals surface area contributed by atoms with Gasteiger partial charge in [0.05, 0.1) is 22.3 Å². The number of aromatic nitrogens is 2. The van der Waals surface area contributed by atoms with Crippen LogP contribution in [0.15, 0.2) is 48.8 Å². The predicted molar refractivity (Wildman–Crippen MR) is 79.0 cm³/mol. The number of rotatable bonds is 3. The highest BCUT2D eigenvalue weighted by Gasteiger charge is 2.02. The molecule has 0 radical (unpaired) electrons. The Bertz CT molecular complexity index is 689. The molecule has 0 saturated carbocycles. The zero-order valence-corrected chi connectivity index (χ0v) is 11.5. The Morgan fingerprint density at radius 1 is 1.11 bits per heavy atom. The van der Waals surface area contributed by atoms with Gasteiger partial charge in [-0.3, -0.25) is 0 Å². The first kappa shape index (κ1) is 12.3. The molecule has 3 aromatic rings. The second-order valence-corrected chi connectivity index (χ2v) is 5.00. The molecule has 3 nitrogen and oxygen atoms in total. The van der Waals surface area contributed by atoms with Gasteiger partial charge in [0.25, 0.3) is 0 Å². The van der Waals surface area contributed by atoms with Crippen molar-refractivity contribution in [2.45, 2.75) is 6.54 Å². The normalized spacial score (nSPS) is 10.8. The van der Waals surface area contributed by atoms with E-state index in [2.05, 4.69) is 10.3 Å². The third-order valence-electron chi connectivity index (χ3n) is 2.81. The Labute approximate surface area is 120 Å². The zero-order chi connectivity index (χ0) is 13.2. The van der Waals surface area contributed by atoms with Crippen LogP contribution in [0.2, 0.25) is 10.0 Å². The lowest BCUT2D eigenvalue weighted by Crippen LogP contribution is -1.99. The van der Waals surface area contributed by atoms with Crippen LogP contribution in [-0.2, 0) is 6.54 Å². The van der Waals surface area contributed by atoms with E-state index in [9.17, 15) is 0 Å². The monoisotopic (exact) mass is 291 g/mol. The summed E-state index contributed by atoms with van der Waals surface area (Å²) in [5, 5.41) is 4.37. The van der Waals surface area contributed by atoms with Crippen LogP contribution in [0.5, 0.6) is 0 Å². The van der Waals surface area contributed by atoms with E-state index in [4.69, 9.17) is 23.2 Å².